The minimum absolute atomic E-state index is 0.0792. The number of hydrogen-bond acceptors (Lipinski definition) is 4. The Morgan fingerprint density at radius 1 is 1.16 bits per heavy atom. The number of aryl methyl sites for hydroxylation is 1. The lowest BCUT2D eigenvalue weighted by atomic mass is 9.94. The third kappa shape index (κ3) is 4.09. The minimum atomic E-state index is -1.20. The van der Waals surface area contributed by atoms with Gasteiger partial charge in [0, 0.05) is 41.4 Å². The number of nitrogens with one attached hydrogen (secondary N) is 1. The first-order valence-electron chi connectivity index (χ1n) is 10.9. The molecule has 0 radical (unpaired) electrons. The van der Waals surface area contributed by atoms with Gasteiger partial charge in [0.05, 0.1) is 5.69 Å². The standard InChI is InChI=1S/C24H26FN5O/c1-15-26-22(29-28-15)17-8-9-18(23(31)30-12-10-24(2,25)11-13-30)19(14-17)21-5-3-4-20(27-21)16-6-7-16/h3-5,8-9,14,16H,6-7,10-13H2,1-2H3,(H,26,28,29). The van der Waals surface area contributed by atoms with Gasteiger partial charge in [-0.2, -0.15) is 0 Å². The molecular formula is C24H26FN5O. The van der Waals surface area contributed by atoms with E-state index in [1.165, 1.54) is 0 Å². The molecule has 1 N–H and O–H groups in total. The van der Waals surface area contributed by atoms with Crippen molar-refractivity contribution in [2.24, 2.45) is 0 Å². The molecule has 3 aromatic rings. The number of hydrogen-bond donors (Lipinski definition) is 1. The molecule has 1 aromatic carbocycles. The SMILES string of the molecule is Cc1nnc(-c2ccc(C(=O)N3CCC(C)(F)CC3)c(-c3cccc(C4CC4)n3)c2)[nH]1. The molecule has 1 aliphatic carbocycles. The maximum Gasteiger partial charge on any atom is 0.254 e. The fourth-order valence-electron chi connectivity index (χ4n) is 4.12. The Bertz CT molecular complexity index is 1120. The number of carbonyl (C=O) groups excluding carboxylic acids is 1. The summed E-state index contributed by atoms with van der Waals surface area (Å²) in [7, 11) is 0. The van der Waals surface area contributed by atoms with Crippen LogP contribution in [0.5, 0.6) is 0 Å². The van der Waals surface area contributed by atoms with Gasteiger partial charge in [0.1, 0.15) is 11.5 Å². The second-order valence-electron chi connectivity index (χ2n) is 8.95. The molecule has 3 heterocycles. The number of carbonyl (C=O) groups is 1. The summed E-state index contributed by atoms with van der Waals surface area (Å²) >= 11 is 0. The first-order chi connectivity index (χ1) is 14.9. The molecule has 2 fully saturated rings. The third-order valence-corrected chi connectivity index (χ3v) is 6.26. The van der Waals surface area contributed by atoms with E-state index in [1.807, 2.05) is 37.3 Å². The zero-order chi connectivity index (χ0) is 21.6. The summed E-state index contributed by atoms with van der Waals surface area (Å²) in [5.41, 5.74) is 2.85. The van der Waals surface area contributed by atoms with Crippen LogP contribution < -0.4 is 0 Å². The predicted molar refractivity (Wildman–Crippen MR) is 116 cm³/mol. The van der Waals surface area contributed by atoms with Crippen molar-refractivity contribution in [2.45, 2.75) is 51.1 Å². The fourth-order valence-corrected chi connectivity index (χ4v) is 4.12. The molecule has 0 unspecified atom stereocenters. The molecule has 1 aliphatic heterocycles. The number of piperidine rings is 1. The van der Waals surface area contributed by atoms with E-state index >= 15 is 0 Å². The third-order valence-electron chi connectivity index (χ3n) is 6.26. The lowest BCUT2D eigenvalue weighted by molar-refractivity contribution is 0.0504. The normalized spacial score (nSPS) is 18.2. The van der Waals surface area contributed by atoms with Crippen LogP contribution in [-0.2, 0) is 0 Å². The lowest BCUT2D eigenvalue weighted by Gasteiger charge is -2.34. The van der Waals surface area contributed by atoms with E-state index in [0.29, 0.717) is 43.2 Å². The number of amides is 1. The van der Waals surface area contributed by atoms with Gasteiger partial charge in [0.2, 0.25) is 0 Å². The first-order valence-corrected chi connectivity index (χ1v) is 10.9. The van der Waals surface area contributed by atoms with Crippen molar-refractivity contribution in [3.63, 3.8) is 0 Å². The van der Waals surface area contributed by atoms with Crippen molar-refractivity contribution in [3.05, 3.63) is 53.5 Å². The quantitative estimate of drug-likeness (QED) is 0.666. The number of aromatic nitrogens is 4. The number of pyridine rings is 1. The molecule has 160 valence electrons. The highest BCUT2D eigenvalue weighted by molar-refractivity contribution is 6.01. The van der Waals surface area contributed by atoms with Crippen LogP contribution in [0.3, 0.4) is 0 Å². The highest BCUT2D eigenvalue weighted by Crippen LogP contribution is 2.40. The fraction of sp³-hybridized carbons (Fsp3) is 0.417. The van der Waals surface area contributed by atoms with Gasteiger partial charge in [-0.1, -0.05) is 12.1 Å². The van der Waals surface area contributed by atoms with Crippen molar-refractivity contribution in [3.8, 4) is 22.6 Å². The summed E-state index contributed by atoms with van der Waals surface area (Å²) in [6.45, 7) is 4.31. The average molecular weight is 420 g/mol. The molecule has 6 nitrogen and oxygen atoms in total. The van der Waals surface area contributed by atoms with Crippen molar-refractivity contribution in [2.75, 3.05) is 13.1 Å². The van der Waals surface area contributed by atoms with Crippen LogP contribution in [0.25, 0.3) is 22.6 Å². The van der Waals surface area contributed by atoms with Crippen molar-refractivity contribution in [1.29, 1.82) is 0 Å². The molecule has 0 bridgehead atoms. The zero-order valence-electron chi connectivity index (χ0n) is 17.9. The molecule has 1 saturated heterocycles. The maximum absolute atomic E-state index is 14.3. The van der Waals surface area contributed by atoms with E-state index in [1.54, 1.807) is 11.8 Å². The Morgan fingerprint density at radius 3 is 2.61 bits per heavy atom. The van der Waals surface area contributed by atoms with Gasteiger partial charge in [-0.25, -0.2) is 4.39 Å². The average Bonchev–Trinajstić information content (AvgIpc) is 3.53. The second kappa shape index (κ2) is 7.55. The predicted octanol–water partition coefficient (Wildman–Crippen LogP) is 4.68. The van der Waals surface area contributed by atoms with Crippen molar-refractivity contribution >= 4 is 5.91 Å². The van der Waals surface area contributed by atoms with E-state index < -0.39 is 5.67 Å². The molecule has 2 aliphatic rings. The summed E-state index contributed by atoms with van der Waals surface area (Å²) < 4.78 is 14.3. The lowest BCUT2D eigenvalue weighted by Crippen LogP contribution is -2.43. The monoisotopic (exact) mass is 419 g/mol. The maximum atomic E-state index is 14.3. The Labute approximate surface area is 180 Å². The van der Waals surface area contributed by atoms with E-state index in [9.17, 15) is 9.18 Å². The molecule has 5 rings (SSSR count). The van der Waals surface area contributed by atoms with E-state index in [0.717, 1.165) is 41.2 Å². The number of aromatic amines is 1. The van der Waals surface area contributed by atoms with Gasteiger partial charge in [-0.15, -0.1) is 10.2 Å². The van der Waals surface area contributed by atoms with Crippen LogP contribution in [0.2, 0.25) is 0 Å². The van der Waals surface area contributed by atoms with E-state index in [-0.39, 0.29) is 5.91 Å². The minimum Gasteiger partial charge on any atom is -0.338 e. The zero-order valence-corrected chi connectivity index (χ0v) is 17.9. The van der Waals surface area contributed by atoms with Crippen molar-refractivity contribution < 1.29 is 9.18 Å². The van der Waals surface area contributed by atoms with Crippen LogP contribution >= 0.6 is 0 Å². The van der Waals surface area contributed by atoms with Crippen LogP contribution in [0.1, 0.15) is 60.4 Å². The molecule has 1 amide bonds. The number of alkyl halides is 1. The number of rotatable bonds is 4. The topological polar surface area (TPSA) is 74.8 Å². The van der Waals surface area contributed by atoms with Crippen molar-refractivity contribution in [1.82, 2.24) is 25.1 Å². The number of likely N-dealkylation sites (tertiary alicyclic amines) is 1. The Morgan fingerprint density at radius 2 is 1.94 bits per heavy atom. The molecule has 31 heavy (non-hydrogen) atoms. The van der Waals surface area contributed by atoms with E-state index in [4.69, 9.17) is 4.98 Å². The van der Waals surface area contributed by atoms with Gasteiger partial charge in [0.15, 0.2) is 5.82 Å². The molecule has 1 saturated carbocycles. The van der Waals surface area contributed by atoms with Gasteiger partial charge in [-0.3, -0.25) is 9.78 Å². The van der Waals surface area contributed by atoms with Gasteiger partial charge in [-0.05, 0) is 63.8 Å². The summed E-state index contributed by atoms with van der Waals surface area (Å²) in [6, 6.07) is 11.7. The molecular weight excluding hydrogens is 393 g/mol. The first kappa shape index (κ1) is 19.8. The number of halogens is 1. The smallest absolute Gasteiger partial charge is 0.254 e. The van der Waals surface area contributed by atoms with Crippen LogP contribution in [0.15, 0.2) is 36.4 Å². The molecule has 0 atom stereocenters. The Kier molecular flexibility index (Phi) is 4.84. The highest BCUT2D eigenvalue weighted by atomic mass is 19.1. The summed E-state index contributed by atoms with van der Waals surface area (Å²) in [5.74, 6) is 1.82. The summed E-state index contributed by atoms with van der Waals surface area (Å²) in [5, 5.41) is 8.25. The van der Waals surface area contributed by atoms with Gasteiger partial charge >= 0.3 is 0 Å². The van der Waals surface area contributed by atoms with Crippen LogP contribution in [0.4, 0.5) is 4.39 Å². The van der Waals surface area contributed by atoms with Gasteiger partial charge in [0.25, 0.3) is 5.91 Å². The summed E-state index contributed by atoms with van der Waals surface area (Å²) in [6.07, 6.45) is 3.04. The number of nitrogens with zero attached hydrogens (tertiary/aromatic N) is 4. The summed E-state index contributed by atoms with van der Waals surface area (Å²) in [4.78, 5) is 23.2. The number of H-pyrrole nitrogens is 1. The van der Waals surface area contributed by atoms with E-state index in [2.05, 4.69) is 21.2 Å². The Balaban J connectivity index is 1.55. The largest absolute Gasteiger partial charge is 0.338 e. The molecule has 7 heteroatoms. The molecule has 2 aromatic heterocycles. The number of benzene rings is 1. The van der Waals surface area contributed by atoms with Crippen LogP contribution in [0, 0.1) is 6.92 Å². The van der Waals surface area contributed by atoms with Gasteiger partial charge < -0.3 is 9.88 Å². The molecule has 0 spiro atoms. The van der Waals surface area contributed by atoms with Crippen LogP contribution in [-0.4, -0.2) is 49.7 Å². The Hall–Kier alpha value is -3.09. The second-order valence-corrected chi connectivity index (χ2v) is 8.95. The highest BCUT2D eigenvalue weighted by Gasteiger charge is 2.33.